The Morgan fingerprint density at radius 3 is 2.81 bits per heavy atom. The number of carboxylic acid groups (broad SMARTS) is 1. The second-order valence-electron chi connectivity index (χ2n) is 3.98. The van der Waals surface area contributed by atoms with Gasteiger partial charge < -0.3 is 14.6 Å². The van der Waals surface area contributed by atoms with E-state index in [0.29, 0.717) is 15.6 Å². The summed E-state index contributed by atoms with van der Waals surface area (Å²) < 4.78 is 5.05. The number of benzene rings is 1. The molecule has 0 atom stereocenters. The van der Waals surface area contributed by atoms with Crippen molar-refractivity contribution in [1.29, 1.82) is 0 Å². The molecule has 0 fully saturated rings. The van der Waals surface area contributed by atoms with Gasteiger partial charge in [0.05, 0.1) is 16.4 Å². The molecule has 0 saturated heterocycles. The molecule has 21 heavy (non-hydrogen) atoms. The van der Waals surface area contributed by atoms with Crippen LogP contribution in [0.2, 0.25) is 10.0 Å². The minimum atomic E-state index is -1.19. The summed E-state index contributed by atoms with van der Waals surface area (Å²) in [4.78, 5) is 21.5. The van der Waals surface area contributed by atoms with E-state index in [1.54, 1.807) is 18.2 Å². The van der Waals surface area contributed by atoms with Crippen molar-refractivity contribution in [3.63, 3.8) is 0 Å². The largest absolute Gasteiger partial charge is 0.476 e. The third kappa shape index (κ3) is 2.48. The number of rotatable bonds is 3. The first-order valence-corrected chi connectivity index (χ1v) is 6.38. The number of aromatic carboxylic acids is 1. The van der Waals surface area contributed by atoms with Gasteiger partial charge >= 0.3 is 5.97 Å². The lowest BCUT2D eigenvalue weighted by molar-refractivity contribution is 0.0691. The molecule has 0 bridgehead atoms. The Bertz CT molecular complexity index is 828. The standard InChI is InChI=1S/C12H6Cl2N4O3/c13-6-2-1-5(3-7(6)14)10-17-11(21-18-10)8-9(12(19)20)16-4-15-8/h1-4H,(H,15,16)(H,19,20). The van der Waals surface area contributed by atoms with E-state index in [1.165, 1.54) is 6.33 Å². The number of carbonyl (C=O) groups is 1. The smallest absolute Gasteiger partial charge is 0.356 e. The molecule has 3 rings (SSSR count). The number of carboxylic acids is 1. The van der Waals surface area contributed by atoms with Crippen molar-refractivity contribution in [3.05, 3.63) is 40.3 Å². The molecule has 1 aromatic carbocycles. The number of H-pyrrole nitrogens is 1. The van der Waals surface area contributed by atoms with Gasteiger partial charge in [-0.3, -0.25) is 0 Å². The highest BCUT2D eigenvalue weighted by molar-refractivity contribution is 6.42. The molecule has 106 valence electrons. The van der Waals surface area contributed by atoms with Crippen LogP contribution in [0, 0.1) is 0 Å². The summed E-state index contributed by atoms with van der Waals surface area (Å²) >= 11 is 11.8. The van der Waals surface area contributed by atoms with Crippen molar-refractivity contribution in [3.8, 4) is 23.0 Å². The molecule has 2 aromatic heterocycles. The maximum absolute atomic E-state index is 11.0. The summed E-state index contributed by atoms with van der Waals surface area (Å²) in [6.07, 6.45) is 1.24. The van der Waals surface area contributed by atoms with Gasteiger partial charge in [-0.15, -0.1) is 0 Å². The van der Waals surface area contributed by atoms with E-state index >= 15 is 0 Å². The Morgan fingerprint density at radius 2 is 2.10 bits per heavy atom. The van der Waals surface area contributed by atoms with Crippen molar-refractivity contribution in [2.24, 2.45) is 0 Å². The van der Waals surface area contributed by atoms with E-state index in [4.69, 9.17) is 32.8 Å². The minimum Gasteiger partial charge on any atom is -0.476 e. The maximum Gasteiger partial charge on any atom is 0.356 e. The first kappa shape index (κ1) is 13.6. The predicted molar refractivity (Wildman–Crippen MR) is 74.3 cm³/mol. The Hall–Kier alpha value is -2.38. The molecular weight excluding hydrogens is 319 g/mol. The quantitative estimate of drug-likeness (QED) is 0.766. The van der Waals surface area contributed by atoms with E-state index in [2.05, 4.69) is 20.1 Å². The van der Waals surface area contributed by atoms with Crippen LogP contribution in [0.25, 0.3) is 23.0 Å². The second kappa shape index (κ2) is 5.19. The lowest BCUT2D eigenvalue weighted by Crippen LogP contribution is -1.99. The van der Waals surface area contributed by atoms with Crippen molar-refractivity contribution >= 4 is 29.2 Å². The van der Waals surface area contributed by atoms with Crippen LogP contribution >= 0.6 is 23.2 Å². The fourth-order valence-electron chi connectivity index (χ4n) is 1.70. The molecule has 0 saturated carbocycles. The van der Waals surface area contributed by atoms with Crippen LogP contribution in [-0.4, -0.2) is 31.2 Å². The lowest BCUT2D eigenvalue weighted by atomic mass is 10.2. The summed E-state index contributed by atoms with van der Waals surface area (Å²) in [6.45, 7) is 0. The van der Waals surface area contributed by atoms with Crippen LogP contribution in [0.5, 0.6) is 0 Å². The molecule has 0 radical (unpaired) electrons. The topological polar surface area (TPSA) is 105 Å². The fourth-order valence-corrected chi connectivity index (χ4v) is 2.00. The molecule has 0 amide bonds. The molecule has 0 unspecified atom stereocenters. The average Bonchev–Trinajstić information content (AvgIpc) is 3.09. The SMILES string of the molecule is O=C(O)c1nc[nH]c1-c1nc(-c2ccc(Cl)c(Cl)c2)no1. The second-order valence-corrected chi connectivity index (χ2v) is 4.80. The number of aromatic amines is 1. The molecule has 0 aliphatic heterocycles. The van der Waals surface area contributed by atoms with Crippen LogP contribution < -0.4 is 0 Å². The summed E-state index contributed by atoms with van der Waals surface area (Å²) in [5.74, 6) is -0.916. The number of hydrogen-bond acceptors (Lipinski definition) is 5. The Labute approximate surface area is 127 Å². The number of hydrogen-bond donors (Lipinski definition) is 2. The molecule has 9 heteroatoms. The molecule has 2 N–H and O–H groups in total. The highest BCUT2D eigenvalue weighted by atomic mass is 35.5. The minimum absolute atomic E-state index is 0.0194. The Balaban J connectivity index is 2.01. The van der Waals surface area contributed by atoms with Crippen LogP contribution in [0.4, 0.5) is 0 Å². The first-order chi connectivity index (χ1) is 10.1. The van der Waals surface area contributed by atoms with E-state index in [9.17, 15) is 4.79 Å². The van der Waals surface area contributed by atoms with Gasteiger partial charge in [-0.25, -0.2) is 9.78 Å². The van der Waals surface area contributed by atoms with E-state index in [1.807, 2.05) is 0 Å². The van der Waals surface area contributed by atoms with E-state index in [0.717, 1.165) is 0 Å². The van der Waals surface area contributed by atoms with Gasteiger partial charge in [0, 0.05) is 5.56 Å². The predicted octanol–water partition coefficient (Wildman–Crippen LogP) is 3.13. The Morgan fingerprint density at radius 1 is 1.29 bits per heavy atom. The average molecular weight is 325 g/mol. The summed E-state index contributed by atoms with van der Waals surface area (Å²) in [6, 6.07) is 4.87. The number of nitrogens with one attached hydrogen (secondary N) is 1. The van der Waals surface area contributed by atoms with Gasteiger partial charge in [-0.2, -0.15) is 4.98 Å². The zero-order chi connectivity index (χ0) is 15.0. The monoisotopic (exact) mass is 324 g/mol. The van der Waals surface area contributed by atoms with Crippen molar-refractivity contribution < 1.29 is 14.4 Å². The van der Waals surface area contributed by atoms with Crippen LogP contribution in [0.1, 0.15) is 10.5 Å². The zero-order valence-electron chi connectivity index (χ0n) is 10.2. The summed E-state index contributed by atoms with van der Waals surface area (Å²) in [5.41, 5.74) is 0.538. The lowest BCUT2D eigenvalue weighted by Gasteiger charge is -1.97. The highest BCUT2D eigenvalue weighted by Crippen LogP contribution is 2.28. The number of nitrogens with zero attached hydrogens (tertiary/aromatic N) is 3. The molecule has 0 aliphatic rings. The molecule has 7 nitrogen and oxygen atoms in total. The number of imidazole rings is 1. The molecule has 2 heterocycles. The third-order valence-corrected chi connectivity index (χ3v) is 3.40. The van der Waals surface area contributed by atoms with Gasteiger partial charge in [0.2, 0.25) is 5.82 Å². The van der Waals surface area contributed by atoms with Crippen LogP contribution in [-0.2, 0) is 0 Å². The van der Waals surface area contributed by atoms with Crippen molar-refractivity contribution in [1.82, 2.24) is 20.1 Å². The number of halogens is 2. The fraction of sp³-hybridized carbons (Fsp3) is 0. The maximum atomic E-state index is 11.0. The van der Waals surface area contributed by atoms with Crippen molar-refractivity contribution in [2.75, 3.05) is 0 Å². The Kier molecular flexibility index (Phi) is 3.36. The van der Waals surface area contributed by atoms with E-state index < -0.39 is 5.97 Å². The third-order valence-electron chi connectivity index (χ3n) is 2.66. The molecule has 0 aliphatic carbocycles. The van der Waals surface area contributed by atoms with Gasteiger partial charge in [-0.1, -0.05) is 28.4 Å². The van der Waals surface area contributed by atoms with Gasteiger partial charge in [-0.05, 0) is 18.2 Å². The normalized spacial score (nSPS) is 10.8. The first-order valence-electron chi connectivity index (χ1n) is 5.62. The zero-order valence-corrected chi connectivity index (χ0v) is 11.7. The van der Waals surface area contributed by atoms with Crippen molar-refractivity contribution in [2.45, 2.75) is 0 Å². The molecule has 3 aromatic rings. The van der Waals surface area contributed by atoms with Crippen LogP contribution in [0.3, 0.4) is 0 Å². The van der Waals surface area contributed by atoms with Gasteiger partial charge in [0.25, 0.3) is 5.89 Å². The summed E-state index contributed by atoms with van der Waals surface area (Å²) in [7, 11) is 0. The molecular formula is C12H6Cl2N4O3. The highest BCUT2D eigenvalue weighted by Gasteiger charge is 2.20. The van der Waals surface area contributed by atoms with E-state index in [-0.39, 0.29) is 23.1 Å². The molecule has 0 spiro atoms. The summed E-state index contributed by atoms with van der Waals surface area (Å²) in [5, 5.41) is 13.6. The number of aromatic nitrogens is 4. The van der Waals surface area contributed by atoms with Gasteiger partial charge in [0.1, 0.15) is 5.69 Å². The van der Waals surface area contributed by atoms with Gasteiger partial charge in [0.15, 0.2) is 5.69 Å². The van der Waals surface area contributed by atoms with Crippen LogP contribution in [0.15, 0.2) is 29.0 Å².